The van der Waals surface area contributed by atoms with E-state index in [9.17, 15) is 19.1 Å². The lowest BCUT2D eigenvalue weighted by atomic mass is 9.67. The molecule has 1 N–H and O–H groups in total. The predicted molar refractivity (Wildman–Crippen MR) is 71.5 cm³/mol. The van der Waals surface area contributed by atoms with Crippen molar-refractivity contribution < 1.29 is 19.1 Å². The van der Waals surface area contributed by atoms with E-state index in [0.717, 1.165) is 6.42 Å². The first-order valence-corrected chi connectivity index (χ1v) is 6.65. The van der Waals surface area contributed by atoms with E-state index in [1.165, 1.54) is 18.0 Å². The maximum atomic E-state index is 13.8. The number of carbonyl (C=O) groups excluding carboxylic acids is 1. The van der Waals surface area contributed by atoms with Crippen LogP contribution in [0.5, 0.6) is 0 Å². The average molecular weight is 279 g/mol. The molecule has 1 aromatic rings. The zero-order valence-corrected chi connectivity index (χ0v) is 11.6. The van der Waals surface area contributed by atoms with Gasteiger partial charge in [0, 0.05) is 12.6 Å². The van der Waals surface area contributed by atoms with Gasteiger partial charge in [0.2, 0.25) is 5.91 Å². The van der Waals surface area contributed by atoms with Gasteiger partial charge in [-0.15, -0.1) is 0 Å². The van der Waals surface area contributed by atoms with Crippen molar-refractivity contribution in [3.63, 3.8) is 0 Å². The Morgan fingerprint density at radius 2 is 1.95 bits per heavy atom. The molecule has 4 nitrogen and oxygen atoms in total. The number of rotatable bonds is 4. The smallest absolute Gasteiger partial charge is 0.319 e. The third-order valence-electron chi connectivity index (χ3n) is 4.28. The second-order valence-corrected chi connectivity index (χ2v) is 5.35. The van der Waals surface area contributed by atoms with Gasteiger partial charge in [0.05, 0.1) is 6.04 Å². The quantitative estimate of drug-likeness (QED) is 0.862. The fourth-order valence-corrected chi connectivity index (χ4v) is 2.59. The molecular weight excluding hydrogens is 261 g/mol. The van der Waals surface area contributed by atoms with Crippen LogP contribution in [0.4, 0.5) is 4.39 Å². The highest BCUT2D eigenvalue weighted by molar-refractivity contribution is 6.02. The summed E-state index contributed by atoms with van der Waals surface area (Å²) in [5.74, 6) is -1.91. The summed E-state index contributed by atoms with van der Waals surface area (Å²) in [5, 5.41) is 9.29. The van der Waals surface area contributed by atoms with Crippen LogP contribution < -0.4 is 0 Å². The fraction of sp³-hybridized carbons (Fsp3) is 0.467. The van der Waals surface area contributed by atoms with E-state index in [-0.39, 0.29) is 0 Å². The number of carbonyl (C=O) groups is 2. The van der Waals surface area contributed by atoms with Gasteiger partial charge in [-0.05, 0) is 25.8 Å². The van der Waals surface area contributed by atoms with Crippen molar-refractivity contribution in [2.75, 3.05) is 7.05 Å². The minimum Gasteiger partial charge on any atom is -0.480 e. The van der Waals surface area contributed by atoms with Gasteiger partial charge in [0.25, 0.3) is 0 Å². The van der Waals surface area contributed by atoms with Crippen LogP contribution in [0.25, 0.3) is 0 Å². The van der Waals surface area contributed by atoms with Crippen LogP contribution in [0.3, 0.4) is 0 Å². The summed E-state index contributed by atoms with van der Waals surface area (Å²) in [6.07, 6.45) is 1.45. The van der Waals surface area contributed by atoms with Crippen LogP contribution in [0.15, 0.2) is 24.3 Å². The van der Waals surface area contributed by atoms with Crippen LogP contribution in [0, 0.1) is 11.2 Å². The van der Waals surface area contributed by atoms with Gasteiger partial charge in [-0.25, -0.2) is 4.39 Å². The second-order valence-electron chi connectivity index (χ2n) is 5.35. The highest BCUT2D eigenvalue weighted by atomic mass is 19.1. The van der Waals surface area contributed by atoms with Gasteiger partial charge in [0.1, 0.15) is 11.2 Å². The van der Waals surface area contributed by atoms with Gasteiger partial charge < -0.3 is 10.0 Å². The maximum Gasteiger partial charge on any atom is 0.319 e. The Bertz CT molecular complexity index is 540. The Balaban J connectivity index is 2.23. The largest absolute Gasteiger partial charge is 0.480 e. The van der Waals surface area contributed by atoms with E-state index < -0.39 is 29.2 Å². The zero-order valence-electron chi connectivity index (χ0n) is 11.6. The third kappa shape index (κ3) is 2.17. The number of carboxylic acid groups (broad SMARTS) is 1. The molecule has 5 heteroatoms. The van der Waals surface area contributed by atoms with E-state index in [2.05, 4.69) is 0 Å². The standard InChI is InChI=1S/C15H18FNO3/c1-10(11-6-3-4-7-12(11)16)17(2)13(18)15(14(19)20)8-5-9-15/h3-4,6-7,10H,5,8-9H2,1-2H3,(H,19,20). The van der Waals surface area contributed by atoms with E-state index in [1.54, 1.807) is 25.1 Å². The molecule has 0 saturated heterocycles. The van der Waals surface area contributed by atoms with Crippen molar-refractivity contribution in [2.45, 2.75) is 32.2 Å². The third-order valence-corrected chi connectivity index (χ3v) is 4.28. The molecule has 1 atom stereocenters. The Hall–Kier alpha value is -1.91. The van der Waals surface area contributed by atoms with E-state index in [4.69, 9.17) is 0 Å². The molecule has 0 radical (unpaired) electrons. The predicted octanol–water partition coefficient (Wildman–Crippen LogP) is 2.60. The molecule has 1 aliphatic rings. The lowest BCUT2D eigenvalue weighted by Gasteiger charge is -2.40. The lowest BCUT2D eigenvalue weighted by molar-refractivity contribution is -0.167. The fourth-order valence-electron chi connectivity index (χ4n) is 2.59. The van der Waals surface area contributed by atoms with E-state index in [1.807, 2.05) is 0 Å². The molecule has 0 aliphatic heterocycles. The maximum absolute atomic E-state index is 13.8. The monoisotopic (exact) mass is 279 g/mol. The molecular formula is C15H18FNO3. The normalized spacial score (nSPS) is 17.9. The Morgan fingerprint density at radius 3 is 2.40 bits per heavy atom. The summed E-state index contributed by atoms with van der Waals surface area (Å²) in [7, 11) is 1.53. The van der Waals surface area contributed by atoms with E-state index in [0.29, 0.717) is 18.4 Å². The molecule has 108 valence electrons. The number of halogens is 1. The summed E-state index contributed by atoms with van der Waals surface area (Å²) in [4.78, 5) is 25.1. The Kier molecular flexibility index (Phi) is 3.79. The summed E-state index contributed by atoms with van der Waals surface area (Å²) in [6, 6.07) is 5.72. The first-order chi connectivity index (χ1) is 9.40. The minimum atomic E-state index is -1.31. The molecule has 1 amide bonds. The average Bonchev–Trinajstić information content (AvgIpc) is 2.35. The van der Waals surface area contributed by atoms with Crippen molar-refractivity contribution in [3.05, 3.63) is 35.6 Å². The van der Waals surface area contributed by atoms with Crippen LogP contribution >= 0.6 is 0 Å². The molecule has 1 aromatic carbocycles. The van der Waals surface area contributed by atoms with Gasteiger partial charge >= 0.3 is 5.97 Å². The van der Waals surface area contributed by atoms with E-state index >= 15 is 0 Å². The Labute approximate surface area is 117 Å². The summed E-state index contributed by atoms with van der Waals surface area (Å²) < 4.78 is 13.8. The second kappa shape index (κ2) is 5.23. The summed E-state index contributed by atoms with van der Waals surface area (Å²) in [5.41, 5.74) is -0.919. The van der Waals surface area contributed by atoms with Crippen molar-refractivity contribution >= 4 is 11.9 Å². The molecule has 0 spiro atoms. The molecule has 20 heavy (non-hydrogen) atoms. The minimum absolute atomic E-state index is 0.357. The number of hydrogen-bond donors (Lipinski definition) is 1. The molecule has 0 bridgehead atoms. The molecule has 1 unspecified atom stereocenters. The van der Waals surface area contributed by atoms with Crippen molar-refractivity contribution in [1.29, 1.82) is 0 Å². The highest BCUT2D eigenvalue weighted by Gasteiger charge is 2.53. The first-order valence-electron chi connectivity index (χ1n) is 6.65. The molecule has 2 rings (SSSR count). The topological polar surface area (TPSA) is 57.6 Å². The summed E-state index contributed by atoms with van der Waals surface area (Å²) >= 11 is 0. The van der Waals surface area contributed by atoms with Crippen molar-refractivity contribution in [1.82, 2.24) is 4.90 Å². The van der Waals surface area contributed by atoms with Crippen molar-refractivity contribution in [3.8, 4) is 0 Å². The molecule has 0 heterocycles. The molecule has 1 fully saturated rings. The molecule has 1 aliphatic carbocycles. The van der Waals surface area contributed by atoms with Crippen LogP contribution in [0.2, 0.25) is 0 Å². The number of aliphatic carboxylic acids is 1. The number of nitrogens with zero attached hydrogens (tertiary/aromatic N) is 1. The molecule has 1 saturated carbocycles. The number of carboxylic acids is 1. The van der Waals surface area contributed by atoms with Crippen LogP contribution in [0.1, 0.15) is 37.8 Å². The molecule has 0 aromatic heterocycles. The van der Waals surface area contributed by atoms with Crippen LogP contribution in [-0.2, 0) is 9.59 Å². The summed E-state index contributed by atoms with van der Waals surface area (Å²) in [6.45, 7) is 1.70. The number of benzene rings is 1. The Morgan fingerprint density at radius 1 is 1.35 bits per heavy atom. The van der Waals surface area contributed by atoms with Gasteiger partial charge in [-0.2, -0.15) is 0 Å². The first kappa shape index (κ1) is 14.5. The highest BCUT2D eigenvalue weighted by Crippen LogP contribution is 2.43. The zero-order chi connectivity index (χ0) is 14.9. The SMILES string of the molecule is CC(c1ccccc1F)N(C)C(=O)C1(C(=O)O)CCC1. The lowest BCUT2D eigenvalue weighted by Crippen LogP contribution is -2.52. The van der Waals surface area contributed by atoms with Crippen molar-refractivity contribution in [2.24, 2.45) is 5.41 Å². The van der Waals surface area contributed by atoms with Gasteiger partial charge in [-0.1, -0.05) is 24.6 Å². The van der Waals surface area contributed by atoms with Gasteiger partial charge in [-0.3, -0.25) is 9.59 Å². The number of hydrogen-bond acceptors (Lipinski definition) is 2. The number of amides is 1. The van der Waals surface area contributed by atoms with Gasteiger partial charge in [0.15, 0.2) is 0 Å². The van der Waals surface area contributed by atoms with Crippen LogP contribution in [-0.4, -0.2) is 28.9 Å².